The molecule has 4 N–H and O–H groups in total. The molecule has 0 fully saturated rings. The fourth-order valence-electron chi connectivity index (χ4n) is 3.52. The van der Waals surface area contributed by atoms with E-state index in [4.69, 9.17) is 15.3 Å². The second kappa shape index (κ2) is 31.1. The summed E-state index contributed by atoms with van der Waals surface area (Å²) in [5.41, 5.74) is 2.12. The summed E-state index contributed by atoms with van der Waals surface area (Å²) in [5, 5.41) is 54.1. The number of hydrogen-bond acceptors (Lipinski definition) is 13. The summed E-state index contributed by atoms with van der Waals surface area (Å²) >= 11 is 0. The largest absolute Gasteiger partial charge is 0.480 e. The van der Waals surface area contributed by atoms with Crippen molar-refractivity contribution in [1.29, 1.82) is 0 Å². The number of nitrogens with one attached hydrogen (secondary N) is 1. The monoisotopic (exact) mass is 814 g/mol. The molecular weight excluding hydrogens is 749 g/mol. The number of carboxylic acid groups (broad SMARTS) is 3. The van der Waals surface area contributed by atoms with Crippen molar-refractivity contribution in [3.8, 4) is 0 Å². The van der Waals surface area contributed by atoms with Gasteiger partial charge in [0.05, 0.1) is 10.8 Å². The standard InChI is InChI=1S/C8H11N.C7H11N3O2.C7H10N2.2C6H10N4O2.2C2H6/c1-7(2)8-4-3-5-9-6-8;1-5(2)6-3-10(9-8-6)4-7(11)12;1-6(2)7-8-4-3-5-9-7;2*1-4(2)6-7-9-10(8-6)3-5(11)12;2*1-2/h3-7H,1-2H3;3,5H,4H2,1-2H3,(H,11,12);3-6H,1-2H3;2*4H,3H2,1-2H3,(H,11,12);2*1-2H3/p+1. The van der Waals surface area contributed by atoms with Crippen LogP contribution in [0.25, 0.3) is 0 Å². The van der Waals surface area contributed by atoms with E-state index in [1.165, 1.54) is 15.0 Å². The van der Waals surface area contributed by atoms with Crippen LogP contribution in [0.5, 0.6) is 0 Å². The molecule has 0 atom stereocenters. The van der Waals surface area contributed by atoms with Crippen LogP contribution in [0.3, 0.4) is 0 Å². The van der Waals surface area contributed by atoms with E-state index in [-0.39, 0.29) is 37.4 Å². The Morgan fingerprint density at radius 1 is 0.672 bits per heavy atom. The van der Waals surface area contributed by atoms with Gasteiger partial charge in [0.2, 0.25) is 6.54 Å². The van der Waals surface area contributed by atoms with Crippen LogP contribution in [0.15, 0.2) is 49.2 Å². The van der Waals surface area contributed by atoms with Crippen molar-refractivity contribution in [2.75, 3.05) is 0 Å². The number of H-pyrrole nitrogens is 1. The zero-order valence-corrected chi connectivity index (χ0v) is 36.5. The number of hydrogen-bond donors (Lipinski definition) is 4. The minimum Gasteiger partial charge on any atom is -0.480 e. The van der Waals surface area contributed by atoms with Gasteiger partial charge in [-0.1, -0.05) is 113 Å². The molecule has 5 aromatic heterocycles. The highest BCUT2D eigenvalue weighted by atomic mass is 16.4. The number of aromatic nitrogens is 14. The molecule has 5 heterocycles. The van der Waals surface area contributed by atoms with Crippen LogP contribution in [0, 0.1) is 0 Å². The predicted molar refractivity (Wildman–Crippen MR) is 217 cm³/mol. The number of nitrogens with zero attached hydrogens (tertiary/aromatic N) is 13. The molecule has 5 aromatic rings. The van der Waals surface area contributed by atoms with Gasteiger partial charge in [-0.2, -0.15) is 4.80 Å². The second-order valence-electron chi connectivity index (χ2n) is 13.1. The molecule has 5 rings (SSSR count). The average molecular weight is 814 g/mol. The molecule has 0 saturated heterocycles. The molecule has 20 heteroatoms. The van der Waals surface area contributed by atoms with Gasteiger partial charge in [-0.15, -0.1) is 15.3 Å². The summed E-state index contributed by atoms with van der Waals surface area (Å²) < 4.78 is 1.32. The van der Waals surface area contributed by atoms with E-state index in [0.717, 1.165) is 16.3 Å². The SMILES string of the molecule is CC.CC.CC(C)c1cccnc1.CC(C)c1cn(CC(=O)O)nn1.CC(C)c1n[nH][n+](CC(=O)O)n1.CC(C)c1ncccn1.CC(C)c1nnn(CC(=O)O)n1. The molecule has 0 amide bonds. The molecule has 20 nitrogen and oxygen atoms in total. The average Bonchev–Trinajstić information content (AvgIpc) is 3.97. The highest BCUT2D eigenvalue weighted by molar-refractivity contribution is 5.66. The first-order valence-corrected chi connectivity index (χ1v) is 19.2. The van der Waals surface area contributed by atoms with Gasteiger partial charge in [-0.05, 0) is 45.1 Å². The molecule has 0 aliphatic heterocycles. The molecule has 0 unspecified atom stereocenters. The van der Waals surface area contributed by atoms with Crippen LogP contribution in [0.1, 0.15) is 155 Å². The molecule has 0 aliphatic carbocycles. The number of aromatic amines is 1. The smallest absolute Gasteiger partial charge is 0.350 e. The Labute approximate surface area is 341 Å². The third kappa shape index (κ3) is 25.2. The number of carbonyl (C=O) groups is 3. The first-order chi connectivity index (χ1) is 27.4. The summed E-state index contributed by atoms with van der Waals surface area (Å²) in [6.07, 6.45) is 8.89. The third-order valence-corrected chi connectivity index (χ3v) is 6.46. The van der Waals surface area contributed by atoms with Crippen molar-refractivity contribution in [3.05, 3.63) is 77.9 Å². The lowest BCUT2D eigenvalue weighted by Gasteiger charge is -2.00. The Morgan fingerprint density at radius 2 is 1.24 bits per heavy atom. The van der Waals surface area contributed by atoms with Gasteiger partial charge in [0.25, 0.3) is 0 Å². The lowest BCUT2D eigenvalue weighted by molar-refractivity contribution is -0.795. The van der Waals surface area contributed by atoms with Crippen molar-refractivity contribution >= 4 is 17.9 Å². The fourth-order valence-corrected chi connectivity index (χ4v) is 3.52. The normalized spacial score (nSPS) is 9.91. The van der Waals surface area contributed by atoms with E-state index < -0.39 is 17.9 Å². The van der Waals surface area contributed by atoms with Gasteiger partial charge in [0.15, 0.2) is 12.4 Å². The predicted octanol–water partition coefficient (Wildman–Crippen LogP) is 5.52. The lowest BCUT2D eigenvalue weighted by Crippen LogP contribution is -2.42. The fraction of sp³-hybridized carbons (Fsp3) is 0.579. The van der Waals surface area contributed by atoms with Gasteiger partial charge in [-0.25, -0.2) is 19.4 Å². The Kier molecular flexibility index (Phi) is 28.9. The molecule has 0 spiro atoms. The van der Waals surface area contributed by atoms with Gasteiger partial charge >= 0.3 is 23.7 Å². The maximum absolute atomic E-state index is 10.3. The Morgan fingerprint density at radius 3 is 1.60 bits per heavy atom. The van der Waals surface area contributed by atoms with Crippen molar-refractivity contribution in [2.24, 2.45) is 0 Å². The number of pyridine rings is 1. The Hall–Kier alpha value is -6.08. The Balaban J connectivity index is 0. The highest BCUT2D eigenvalue weighted by Gasteiger charge is 2.16. The highest BCUT2D eigenvalue weighted by Crippen LogP contribution is 2.11. The van der Waals surface area contributed by atoms with E-state index >= 15 is 0 Å². The lowest BCUT2D eigenvalue weighted by atomic mass is 10.1. The topological polar surface area (TPSA) is 270 Å². The number of rotatable bonds is 11. The van der Waals surface area contributed by atoms with Crippen LogP contribution < -0.4 is 4.80 Å². The van der Waals surface area contributed by atoms with E-state index in [2.05, 4.69) is 89.8 Å². The molecular formula is C38H65N14O6+. The molecule has 0 radical (unpaired) electrons. The minimum atomic E-state index is -0.970. The zero-order valence-electron chi connectivity index (χ0n) is 36.5. The maximum atomic E-state index is 10.3. The molecule has 0 bridgehead atoms. The van der Waals surface area contributed by atoms with Crippen LogP contribution >= 0.6 is 0 Å². The Bertz CT molecular complexity index is 1610. The van der Waals surface area contributed by atoms with Crippen LogP contribution in [-0.2, 0) is 34.0 Å². The molecule has 0 aliphatic rings. The van der Waals surface area contributed by atoms with Gasteiger partial charge < -0.3 is 15.3 Å². The third-order valence-electron chi connectivity index (χ3n) is 6.46. The van der Waals surface area contributed by atoms with E-state index in [1.807, 2.05) is 87.6 Å². The first kappa shape index (κ1) is 54.0. The van der Waals surface area contributed by atoms with E-state index in [0.29, 0.717) is 23.5 Å². The first-order valence-electron chi connectivity index (χ1n) is 19.2. The summed E-state index contributed by atoms with van der Waals surface area (Å²) in [6, 6.07) is 5.89. The quantitative estimate of drug-likeness (QED) is 0.119. The molecule has 0 aromatic carbocycles. The molecule has 322 valence electrons. The second-order valence-corrected chi connectivity index (χ2v) is 13.1. The summed E-state index contributed by atoms with van der Waals surface area (Å²) in [6.45, 7) is 27.6. The maximum Gasteiger partial charge on any atom is 0.350 e. The summed E-state index contributed by atoms with van der Waals surface area (Å²) in [4.78, 5) is 45.1. The summed E-state index contributed by atoms with van der Waals surface area (Å²) in [5.74, 6) is 0.982. The number of tetrazole rings is 2. The van der Waals surface area contributed by atoms with Crippen LogP contribution in [0.4, 0.5) is 0 Å². The summed E-state index contributed by atoms with van der Waals surface area (Å²) in [7, 11) is 0. The van der Waals surface area contributed by atoms with Crippen molar-refractivity contribution in [2.45, 2.75) is 146 Å². The van der Waals surface area contributed by atoms with Crippen LogP contribution in [-0.4, -0.2) is 98.8 Å². The molecule has 0 saturated carbocycles. The van der Waals surface area contributed by atoms with Gasteiger partial charge in [0.1, 0.15) is 12.4 Å². The minimum absolute atomic E-state index is 0.125. The van der Waals surface area contributed by atoms with E-state index in [9.17, 15) is 14.4 Å². The van der Waals surface area contributed by atoms with Gasteiger partial charge in [-0.3, -0.25) is 14.6 Å². The number of carboxylic acids is 3. The molecule has 58 heavy (non-hydrogen) atoms. The van der Waals surface area contributed by atoms with E-state index in [1.54, 1.807) is 24.8 Å². The van der Waals surface area contributed by atoms with Crippen molar-refractivity contribution in [3.63, 3.8) is 0 Å². The van der Waals surface area contributed by atoms with Gasteiger partial charge in [0, 0.05) is 48.7 Å². The van der Waals surface area contributed by atoms with Crippen molar-refractivity contribution in [1.82, 2.24) is 65.6 Å². The zero-order chi connectivity index (χ0) is 44.8. The van der Waals surface area contributed by atoms with Crippen LogP contribution in [0.2, 0.25) is 0 Å². The number of aliphatic carboxylic acids is 3. The van der Waals surface area contributed by atoms with Crippen molar-refractivity contribution < 1.29 is 34.5 Å².